The van der Waals surface area contributed by atoms with Gasteiger partial charge in [-0.05, 0) is 34.1 Å². The van der Waals surface area contributed by atoms with E-state index < -0.39 is 17.4 Å². The van der Waals surface area contributed by atoms with Gasteiger partial charge in [0.2, 0.25) is 11.7 Å². The van der Waals surface area contributed by atoms with E-state index in [1.165, 1.54) is 12.1 Å². The zero-order valence-electron chi connectivity index (χ0n) is 9.69. The first-order valence-electron chi connectivity index (χ1n) is 5.44. The summed E-state index contributed by atoms with van der Waals surface area (Å²) < 4.78 is 32.9. The van der Waals surface area contributed by atoms with Gasteiger partial charge in [-0.15, -0.1) is 0 Å². The van der Waals surface area contributed by atoms with Crippen molar-refractivity contribution < 1.29 is 23.4 Å². The fraction of sp³-hybridized carbons (Fsp3) is 0. The Balaban J connectivity index is 2.26. The first-order valence-corrected chi connectivity index (χ1v) is 6.23. The molecule has 3 aromatic rings. The lowest BCUT2D eigenvalue weighted by Crippen LogP contribution is -1.90. The van der Waals surface area contributed by atoms with Crippen molar-refractivity contribution in [2.75, 3.05) is 0 Å². The monoisotopic (exact) mass is 341 g/mol. The number of benzene rings is 2. The molecule has 0 aliphatic heterocycles. The Morgan fingerprint density at radius 2 is 1.85 bits per heavy atom. The van der Waals surface area contributed by atoms with Gasteiger partial charge in [-0.2, -0.15) is 4.39 Å². The van der Waals surface area contributed by atoms with Crippen LogP contribution in [0.4, 0.5) is 8.78 Å². The summed E-state index contributed by atoms with van der Waals surface area (Å²) in [4.78, 5) is 3.99. The van der Waals surface area contributed by atoms with E-state index >= 15 is 0 Å². The van der Waals surface area contributed by atoms with Gasteiger partial charge in [0, 0.05) is 6.07 Å². The predicted octanol–water partition coefficient (Wildman–Crippen LogP) is 3.95. The van der Waals surface area contributed by atoms with Crippen LogP contribution in [0.2, 0.25) is 0 Å². The fourth-order valence-corrected chi connectivity index (χ4v) is 2.32. The van der Waals surface area contributed by atoms with E-state index in [0.717, 1.165) is 12.1 Å². The van der Waals surface area contributed by atoms with Gasteiger partial charge >= 0.3 is 0 Å². The van der Waals surface area contributed by atoms with Crippen molar-refractivity contribution >= 4 is 27.0 Å². The second kappa shape index (κ2) is 4.45. The van der Waals surface area contributed by atoms with E-state index in [-0.39, 0.29) is 17.2 Å². The number of nitrogens with zero attached hydrogens (tertiary/aromatic N) is 1. The van der Waals surface area contributed by atoms with Crippen molar-refractivity contribution in [3.63, 3.8) is 0 Å². The van der Waals surface area contributed by atoms with Crippen molar-refractivity contribution in [2.24, 2.45) is 0 Å². The summed E-state index contributed by atoms with van der Waals surface area (Å²) >= 11 is 3.18. The summed E-state index contributed by atoms with van der Waals surface area (Å²) in [5.41, 5.74) is 0.369. The molecule has 2 N–H and O–H groups in total. The molecule has 0 unspecified atom stereocenters. The fourth-order valence-electron chi connectivity index (χ4n) is 1.80. The topological polar surface area (TPSA) is 66.5 Å². The van der Waals surface area contributed by atoms with Crippen LogP contribution in [0, 0.1) is 11.6 Å². The number of phenolic OH excluding ortho intramolecular Hbond substituents is 2. The van der Waals surface area contributed by atoms with Crippen molar-refractivity contribution in [1.82, 2.24) is 4.98 Å². The van der Waals surface area contributed by atoms with Crippen LogP contribution in [-0.4, -0.2) is 15.2 Å². The molecule has 7 heteroatoms. The third-order valence-corrected chi connectivity index (χ3v) is 3.31. The minimum Gasteiger partial charge on any atom is -0.508 e. The number of rotatable bonds is 1. The van der Waals surface area contributed by atoms with Gasteiger partial charge in [-0.3, -0.25) is 0 Å². The summed E-state index contributed by atoms with van der Waals surface area (Å²) in [7, 11) is 0. The van der Waals surface area contributed by atoms with Gasteiger partial charge in [0.05, 0.1) is 10.0 Å². The number of fused-ring (bicyclic) bond motifs is 1. The van der Waals surface area contributed by atoms with Gasteiger partial charge in [0.1, 0.15) is 11.3 Å². The van der Waals surface area contributed by atoms with Crippen LogP contribution >= 0.6 is 15.9 Å². The van der Waals surface area contributed by atoms with E-state index in [4.69, 9.17) is 9.52 Å². The average Bonchev–Trinajstić information content (AvgIpc) is 2.80. The van der Waals surface area contributed by atoms with Gasteiger partial charge in [-0.25, -0.2) is 9.37 Å². The molecule has 102 valence electrons. The third-order valence-electron chi connectivity index (χ3n) is 2.72. The van der Waals surface area contributed by atoms with Crippen molar-refractivity contribution in [1.29, 1.82) is 0 Å². The molecule has 2 aromatic carbocycles. The summed E-state index contributed by atoms with van der Waals surface area (Å²) in [5, 5.41) is 18.5. The highest BCUT2D eigenvalue weighted by molar-refractivity contribution is 9.10. The Bertz CT molecular complexity index is 832. The number of phenols is 2. The van der Waals surface area contributed by atoms with Crippen molar-refractivity contribution in [2.45, 2.75) is 0 Å². The molecule has 0 atom stereocenters. The number of hydrogen-bond donors (Lipinski definition) is 2. The molecule has 0 saturated heterocycles. The Morgan fingerprint density at radius 3 is 2.60 bits per heavy atom. The number of hydrogen-bond acceptors (Lipinski definition) is 4. The third kappa shape index (κ3) is 1.90. The molecule has 0 aliphatic rings. The lowest BCUT2D eigenvalue weighted by atomic mass is 10.2. The summed E-state index contributed by atoms with van der Waals surface area (Å²) in [6.45, 7) is 0. The van der Waals surface area contributed by atoms with Gasteiger partial charge in [0.25, 0.3) is 0 Å². The van der Waals surface area contributed by atoms with Crippen LogP contribution in [0.15, 0.2) is 33.2 Å². The average molecular weight is 342 g/mol. The quantitative estimate of drug-likeness (QED) is 0.703. The molecule has 0 bridgehead atoms. The van der Waals surface area contributed by atoms with Crippen LogP contribution in [0.1, 0.15) is 0 Å². The van der Waals surface area contributed by atoms with E-state index in [1.54, 1.807) is 0 Å². The summed E-state index contributed by atoms with van der Waals surface area (Å²) in [5.74, 6) is -3.60. The highest BCUT2D eigenvalue weighted by atomic mass is 79.9. The number of oxazole rings is 1. The molecule has 3 rings (SSSR count). The van der Waals surface area contributed by atoms with Gasteiger partial charge < -0.3 is 14.6 Å². The van der Waals surface area contributed by atoms with Crippen LogP contribution in [0.5, 0.6) is 11.5 Å². The minimum absolute atomic E-state index is 0.0402. The number of aromatic nitrogens is 1. The Hall–Kier alpha value is -2.15. The highest BCUT2D eigenvalue weighted by Crippen LogP contribution is 2.34. The molecule has 1 heterocycles. The molecule has 0 fully saturated rings. The maximum atomic E-state index is 13.8. The molecule has 0 saturated carbocycles. The molecule has 0 radical (unpaired) electrons. The van der Waals surface area contributed by atoms with Crippen molar-refractivity contribution in [3.8, 4) is 23.0 Å². The van der Waals surface area contributed by atoms with Crippen LogP contribution < -0.4 is 0 Å². The van der Waals surface area contributed by atoms with Crippen LogP contribution in [0.3, 0.4) is 0 Å². The minimum atomic E-state index is -1.37. The first-order chi connectivity index (χ1) is 9.47. The largest absolute Gasteiger partial charge is 0.508 e. The maximum absolute atomic E-state index is 13.8. The Labute approximate surface area is 119 Å². The molecule has 0 amide bonds. The zero-order chi connectivity index (χ0) is 14.4. The van der Waals surface area contributed by atoms with E-state index in [1.807, 2.05) is 0 Å². The van der Waals surface area contributed by atoms with Crippen LogP contribution in [-0.2, 0) is 0 Å². The predicted molar refractivity (Wildman–Crippen MR) is 70.4 cm³/mol. The van der Waals surface area contributed by atoms with Gasteiger partial charge in [0.15, 0.2) is 17.1 Å². The van der Waals surface area contributed by atoms with E-state index in [0.29, 0.717) is 15.6 Å². The van der Waals surface area contributed by atoms with Crippen LogP contribution in [0.25, 0.3) is 22.6 Å². The Kier molecular flexibility index (Phi) is 2.86. The standard InChI is InChI=1S/C13H6BrF2NO3/c14-7-3-5(18)4-8-12(7)20-13(17-8)6-1-2-9(19)11(16)10(6)15/h1-4,18-19H. The number of aromatic hydroxyl groups is 2. The number of halogens is 3. The second-order valence-electron chi connectivity index (χ2n) is 4.06. The summed E-state index contributed by atoms with van der Waals surface area (Å²) in [6.07, 6.45) is 0. The normalized spacial score (nSPS) is 11.2. The lowest BCUT2D eigenvalue weighted by molar-refractivity contribution is 0.407. The van der Waals surface area contributed by atoms with E-state index in [9.17, 15) is 13.9 Å². The summed E-state index contributed by atoms with van der Waals surface area (Å²) in [6, 6.07) is 4.90. The van der Waals surface area contributed by atoms with Gasteiger partial charge in [-0.1, -0.05) is 0 Å². The Morgan fingerprint density at radius 1 is 1.10 bits per heavy atom. The van der Waals surface area contributed by atoms with Crippen molar-refractivity contribution in [3.05, 3.63) is 40.4 Å². The second-order valence-corrected chi connectivity index (χ2v) is 4.91. The molecular formula is C13H6BrF2NO3. The molecule has 20 heavy (non-hydrogen) atoms. The lowest BCUT2D eigenvalue weighted by Gasteiger charge is -2.00. The highest BCUT2D eigenvalue weighted by Gasteiger charge is 2.19. The molecule has 0 aliphatic carbocycles. The first kappa shape index (κ1) is 12.9. The molecular weight excluding hydrogens is 336 g/mol. The SMILES string of the molecule is Oc1cc(Br)c2oc(-c3ccc(O)c(F)c3F)nc2c1. The molecule has 4 nitrogen and oxygen atoms in total. The van der Waals surface area contributed by atoms with E-state index in [2.05, 4.69) is 20.9 Å². The zero-order valence-corrected chi connectivity index (χ0v) is 11.3. The smallest absolute Gasteiger partial charge is 0.230 e. The molecule has 1 aromatic heterocycles. The molecule has 0 spiro atoms. The maximum Gasteiger partial charge on any atom is 0.230 e.